The van der Waals surface area contributed by atoms with Crippen LogP contribution >= 0.6 is 23.2 Å². The van der Waals surface area contributed by atoms with E-state index in [1.807, 2.05) is 35.0 Å². The molecule has 0 spiro atoms. The van der Waals surface area contributed by atoms with Gasteiger partial charge in [0.25, 0.3) is 5.91 Å². The van der Waals surface area contributed by atoms with E-state index in [4.69, 9.17) is 28.3 Å². The van der Waals surface area contributed by atoms with Gasteiger partial charge in [-0.1, -0.05) is 35.3 Å². The van der Waals surface area contributed by atoms with Gasteiger partial charge in [-0.25, -0.2) is 0 Å². The van der Waals surface area contributed by atoms with E-state index in [9.17, 15) is 4.79 Å². The molecular formula is C24H26Cl2N4O. The summed E-state index contributed by atoms with van der Waals surface area (Å²) in [6, 6.07) is 13.1. The first kappa shape index (κ1) is 21.8. The highest BCUT2D eigenvalue weighted by Gasteiger charge is 2.33. The van der Waals surface area contributed by atoms with Crippen LogP contribution in [0.1, 0.15) is 67.0 Å². The quantitative estimate of drug-likeness (QED) is 0.452. The van der Waals surface area contributed by atoms with E-state index in [-0.39, 0.29) is 11.4 Å². The Morgan fingerprint density at radius 2 is 1.87 bits per heavy atom. The Labute approximate surface area is 193 Å². The van der Waals surface area contributed by atoms with E-state index in [2.05, 4.69) is 25.8 Å². The normalized spacial score (nSPS) is 14.0. The molecule has 0 saturated heterocycles. The Morgan fingerprint density at radius 3 is 2.48 bits per heavy atom. The molecule has 2 heterocycles. The van der Waals surface area contributed by atoms with Gasteiger partial charge in [0.15, 0.2) is 5.69 Å². The Morgan fingerprint density at radius 1 is 1.10 bits per heavy atom. The molecule has 7 heteroatoms. The summed E-state index contributed by atoms with van der Waals surface area (Å²) in [6.07, 6.45) is 4.03. The van der Waals surface area contributed by atoms with Crippen molar-refractivity contribution in [1.82, 2.24) is 19.7 Å². The maximum absolute atomic E-state index is 13.6. The van der Waals surface area contributed by atoms with Gasteiger partial charge in [0.1, 0.15) is 0 Å². The Balaban J connectivity index is 1.67. The number of carbonyl (C=O) groups excluding carboxylic acids is 1. The second-order valence-electron chi connectivity index (χ2n) is 9.04. The highest BCUT2D eigenvalue weighted by molar-refractivity contribution is 6.42. The highest BCUT2D eigenvalue weighted by atomic mass is 35.5. The molecule has 4 rings (SSSR count). The van der Waals surface area contributed by atoms with Crippen LogP contribution in [0.2, 0.25) is 10.0 Å². The highest BCUT2D eigenvalue weighted by Crippen LogP contribution is 2.42. The molecule has 2 aromatic heterocycles. The monoisotopic (exact) mass is 456 g/mol. The standard InChI is InChI=1S/C24H26Cl2N4O/c1-24(2,3)30-22(17-8-9-17)13-21(28-30)23(31)29(15-18-6-4-5-11-27-18)14-16-7-10-19(25)20(26)12-16/h4-7,10-13,17H,8-9,14-15H2,1-3H3. The molecule has 0 aliphatic heterocycles. The molecule has 5 nitrogen and oxygen atoms in total. The molecule has 1 fully saturated rings. The maximum atomic E-state index is 13.6. The molecule has 0 N–H and O–H groups in total. The smallest absolute Gasteiger partial charge is 0.275 e. The van der Waals surface area contributed by atoms with Gasteiger partial charge in [-0.3, -0.25) is 14.5 Å². The number of halogens is 2. The SMILES string of the molecule is CC(C)(C)n1nc(C(=O)N(Cc2ccc(Cl)c(Cl)c2)Cc2ccccn2)cc1C1CC1. The topological polar surface area (TPSA) is 51.0 Å². The molecule has 1 aliphatic rings. The number of nitrogens with zero attached hydrogens (tertiary/aromatic N) is 4. The van der Waals surface area contributed by atoms with Gasteiger partial charge < -0.3 is 4.90 Å². The van der Waals surface area contributed by atoms with Crippen molar-refractivity contribution in [3.8, 4) is 0 Å². The number of hydrogen-bond donors (Lipinski definition) is 0. The zero-order valence-electron chi connectivity index (χ0n) is 18.0. The largest absolute Gasteiger partial charge is 0.327 e. The van der Waals surface area contributed by atoms with Crippen LogP contribution in [0.4, 0.5) is 0 Å². The van der Waals surface area contributed by atoms with Crippen LogP contribution in [0.25, 0.3) is 0 Å². The van der Waals surface area contributed by atoms with E-state index >= 15 is 0 Å². The summed E-state index contributed by atoms with van der Waals surface area (Å²) >= 11 is 12.3. The Bertz CT molecular complexity index is 1080. The van der Waals surface area contributed by atoms with Crippen molar-refractivity contribution in [2.24, 2.45) is 0 Å². The number of carbonyl (C=O) groups is 1. The molecular weight excluding hydrogens is 431 g/mol. The van der Waals surface area contributed by atoms with Crippen molar-refractivity contribution < 1.29 is 4.79 Å². The fraction of sp³-hybridized carbons (Fsp3) is 0.375. The van der Waals surface area contributed by atoms with Crippen LogP contribution in [0, 0.1) is 0 Å². The molecule has 1 saturated carbocycles. The second-order valence-corrected chi connectivity index (χ2v) is 9.86. The number of amides is 1. The minimum Gasteiger partial charge on any atom is -0.327 e. The van der Waals surface area contributed by atoms with Crippen LogP contribution in [0.3, 0.4) is 0 Å². The summed E-state index contributed by atoms with van der Waals surface area (Å²) in [5.41, 5.74) is 3.13. The Kier molecular flexibility index (Phi) is 6.09. The van der Waals surface area contributed by atoms with Gasteiger partial charge in [0, 0.05) is 24.4 Å². The van der Waals surface area contributed by atoms with Crippen molar-refractivity contribution in [1.29, 1.82) is 0 Å². The van der Waals surface area contributed by atoms with Crippen LogP contribution in [0.15, 0.2) is 48.7 Å². The summed E-state index contributed by atoms with van der Waals surface area (Å²) in [6.45, 7) is 7.10. The van der Waals surface area contributed by atoms with Crippen molar-refractivity contribution >= 4 is 29.1 Å². The average Bonchev–Trinajstić information content (AvgIpc) is 3.47. The lowest BCUT2D eigenvalue weighted by Crippen LogP contribution is -2.31. The second kappa shape index (κ2) is 8.64. The lowest BCUT2D eigenvalue weighted by atomic mass is 10.1. The minimum atomic E-state index is -0.189. The van der Waals surface area contributed by atoms with Crippen LogP contribution in [-0.2, 0) is 18.6 Å². The van der Waals surface area contributed by atoms with Crippen molar-refractivity contribution in [2.45, 2.75) is 58.2 Å². The van der Waals surface area contributed by atoms with E-state index in [1.54, 1.807) is 23.2 Å². The molecule has 31 heavy (non-hydrogen) atoms. The van der Waals surface area contributed by atoms with Gasteiger partial charge in [-0.05, 0) is 69.5 Å². The van der Waals surface area contributed by atoms with Crippen LogP contribution in [0.5, 0.6) is 0 Å². The molecule has 0 unspecified atom stereocenters. The first-order valence-corrected chi connectivity index (χ1v) is 11.2. The third kappa shape index (κ3) is 5.10. The van der Waals surface area contributed by atoms with Gasteiger partial charge in [-0.2, -0.15) is 5.10 Å². The average molecular weight is 457 g/mol. The number of rotatable bonds is 6. The molecule has 0 atom stereocenters. The zero-order chi connectivity index (χ0) is 22.2. The summed E-state index contributed by atoms with van der Waals surface area (Å²) in [4.78, 5) is 19.8. The van der Waals surface area contributed by atoms with Gasteiger partial charge in [-0.15, -0.1) is 0 Å². The molecule has 0 radical (unpaired) electrons. The van der Waals surface area contributed by atoms with Gasteiger partial charge >= 0.3 is 0 Å². The molecule has 0 bridgehead atoms. The maximum Gasteiger partial charge on any atom is 0.275 e. The van der Waals surface area contributed by atoms with Crippen molar-refractivity contribution in [3.63, 3.8) is 0 Å². The lowest BCUT2D eigenvalue weighted by Gasteiger charge is -2.23. The molecule has 1 aliphatic carbocycles. The van der Waals surface area contributed by atoms with E-state index < -0.39 is 0 Å². The number of aromatic nitrogens is 3. The fourth-order valence-corrected chi connectivity index (χ4v) is 3.94. The Hall–Kier alpha value is -2.37. The van der Waals surface area contributed by atoms with E-state index in [1.165, 1.54) is 0 Å². The predicted octanol–water partition coefficient (Wildman–Crippen LogP) is 6.06. The minimum absolute atomic E-state index is 0.123. The van der Waals surface area contributed by atoms with Crippen molar-refractivity contribution in [2.75, 3.05) is 0 Å². The molecule has 1 aromatic carbocycles. The number of pyridine rings is 1. The first-order valence-electron chi connectivity index (χ1n) is 10.5. The predicted molar refractivity (Wildman–Crippen MR) is 123 cm³/mol. The summed E-state index contributed by atoms with van der Waals surface area (Å²) in [5.74, 6) is 0.370. The molecule has 1 amide bonds. The zero-order valence-corrected chi connectivity index (χ0v) is 19.5. The van der Waals surface area contributed by atoms with Gasteiger partial charge in [0.2, 0.25) is 0 Å². The molecule has 3 aromatic rings. The number of benzene rings is 1. The van der Waals surface area contributed by atoms with Crippen LogP contribution < -0.4 is 0 Å². The first-order chi connectivity index (χ1) is 14.7. The third-order valence-corrected chi connectivity index (χ3v) is 6.05. The summed E-state index contributed by atoms with van der Waals surface area (Å²) in [5, 5.41) is 5.70. The third-order valence-electron chi connectivity index (χ3n) is 5.31. The van der Waals surface area contributed by atoms with Crippen LogP contribution in [-0.4, -0.2) is 25.6 Å². The fourth-order valence-electron chi connectivity index (χ4n) is 3.61. The summed E-state index contributed by atoms with van der Waals surface area (Å²) in [7, 11) is 0. The van der Waals surface area contributed by atoms with E-state index in [0.717, 1.165) is 29.8 Å². The lowest BCUT2D eigenvalue weighted by molar-refractivity contribution is 0.0720. The number of hydrogen-bond acceptors (Lipinski definition) is 3. The van der Waals surface area contributed by atoms with Crippen molar-refractivity contribution in [3.05, 3.63) is 81.4 Å². The summed E-state index contributed by atoms with van der Waals surface area (Å²) < 4.78 is 2.01. The van der Waals surface area contributed by atoms with E-state index in [0.29, 0.717) is 34.7 Å². The molecule has 162 valence electrons. The van der Waals surface area contributed by atoms with Gasteiger partial charge in [0.05, 0.1) is 27.8 Å².